The number of phenolic OH excluding ortho intramolecular Hbond substituents is 1. The van der Waals surface area contributed by atoms with Crippen LogP contribution in [0.1, 0.15) is 5.56 Å². The Kier molecular flexibility index (Phi) is 5.03. The summed E-state index contributed by atoms with van der Waals surface area (Å²) in [4.78, 5) is 28.3. The number of ether oxygens (including phenoxy) is 2. The van der Waals surface area contributed by atoms with Gasteiger partial charge in [0.1, 0.15) is 5.75 Å². The van der Waals surface area contributed by atoms with Crippen LogP contribution in [0, 0.1) is 0 Å². The van der Waals surface area contributed by atoms with Gasteiger partial charge in [0.25, 0.3) is 0 Å². The number of nitrogens with zero attached hydrogens (tertiary/aromatic N) is 2. The Labute approximate surface area is 162 Å². The smallest absolute Gasteiger partial charge is 0.313 e. The van der Waals surface area contributed by atoms with Crippen LogP contribution in [0.15, 0.2) is 42.5 Å². The van der Waals surface area contributed by atoms with Crippen LogP contribution in [0.5, 0.6) is 17.2 Å². The zero-order chi connectivity index (χ0) is 19.5. The van der Waals surface area contributed by atoms with Crippen molar-refractivity contribution in [3.63, 3.8) is 0 Å². The van der Waals surface area contributed by atoms with E-state index in [0.29, 0.717) is 31.9 Å². The number of aromatic hydroxyl groups is 1. The van der Waals surface area contributed by atoms with E-state index >= 15 is 0 Å². The first-order valence-electron chi connectivity index (χ1n) is 9.09. The average molecular weight is 383 g/mol. The van der Waals surface area contributed by atoms with Crippen LogP contribution in [0.25, 0.3) is 0 Å². The fraction of sp³-hybridized carbons (Fsp3) is 0.300. The second-order valence-corrected chi connectivity index (χ2v) is 6.76. The van der Waals surface area contributed by atoms with Crippen molar-refractivity contribution in [2.75, 3.05) is 38.3 Å². The van der Waals surface area contributed by atoms with E-state index in [0.717, 1.165) is 23.6 Å². The quantitative estimate of drug-likeness (QED) is 0.615. The number of hydrogen-bond acceptors (Lipinski definition) is 6. The Hall–Kier alpha value is -3.26. The average Bonchev–Trinajstić information content (AvgIpc) is 3.17. The molecule has 28 heavy (non-hydrogen) atoms. The van der Waals surface area contributed by atoms with Gasteiger partial charge < -0.3 is 24.8 Å². The summed E-state index contributed by atoms with van der Waals surface area (Å²) in [6, 6.07) is 11.9. The molecule has 4 rings (SSSR count). The molecule has 2 N–H and O–H groups in total. The van der Waals surface area contributed by atoms with Crippen molar-refractivity contribution >= 4 is 17.5 Å². The number of piperazine rings is 1. The fourth-order valence-electron chi connectivity index (χ4n) is 3.28. The lowest BCUT2D eigenvalue weighted by molar-refractivity contribution is -0.144. The van der Waals surface area contributed by atoms with E-state index < -0.39 is 11.8 Å². The van der Waals surface area contributed by atoms with Gasteiger partial charge in [-0.2, -0.15) is 0 Å². The maximum Gasteiger partial charge on any atom is 0.313 e. The van der Waals surface area contributed by atoms with Crippen LogP contribution in [0.3, 0.4) is 0 Å². The molecule has 1 saturated heterocycles. The number of nitrogens with one attached hydrogen (secondary N) is 1. The Balaban J connectivity index is 1.28. The van der Waals surface area contributed by atoms with E-state index in [-0.39, 0.29) is 12.5 Å². The first-order valence-corrected chi connectivity index (χ1v) is 9.09. The van der Waals surface area contributed by atoms with Crippen molar-refractivity contribution in [2.24, 2.45) is 0 Å². The molecule has 8 nitrogen and oxygen atoms in total. The molecule has 1 fully saturated rings. The molecule has 2 aliphatic rings. The monoisotopic (exact) mass is 383 g/mol. The minimum absolute atomic E-state index is 0.0999. The van der Waals surface area contributed by atoms with E-state index in [9.17, 15) is 14.7 Å². The molecule has 146 valence electrons. The Morgan fingerprint density at radius 2 is 1.68 bits per heavy atom. The summed E-state index contributed by atoms with van der Waals surface area (Å²) >= 11 is 0. The highest BCUT2D eigenvalue weighted by atomic mass is 16.7. The number of carbonyl (C=O) groups is 2. The highest BCUT2D eigenvalue weighted by molar-refractivity contribution is 6.39. The summed E-state index contributed by atoms with van der Waals surface area (Å²) in [6.45, 7) is 3.36. The molecule has 2 amide bonds. The maximum absolute atomic E-state index is 12.4. The predicted octanol–water partition coefficient (Wildman–Crippen LogP) is 1.40. The molecular weight excluding hydrogens is 362 g/mol. The minimum atomic E-state index is -0.671. The number of carbonyl (C=O) groups excluding carboxylic acids is 2. The molecule has 0 unspecified atom stereocenters. The molecule has 0 aromatic heterocycles. The first kappa shape index (κ1) is 18.1. The molecule has 0 aliphatic carbocycles. The summed E-state index contributed by atoms with van der Waals surface area (Å²) in [5.74, 6) is 0.407. The number of rotatable bonds is 3. The van der Waals surface area contributed by atoms with Crippen molar-refractivity contribution in [3.8, 4) is 17.2 Å². The molecule has 2 aromatic carbocycles. The molecule has 2 aromatic rings. The molecule has 0 radical (unpaired) electrons. The van der Waals surface area contributed by atoms with Gasteiger partial charge >= 0.3 is 11.8 Å². The SMILES string of the molecule is O=C(Nc1ccc(O)cc1)C(=O)N1CCN(Cc2ccc3c(c2)OCO3)CC1. The zero-order valence-corrected chi connectivity index (χ0v) is 15.3. The van der Waals surface area contributed by atoms with Crippen molar-refractivity contribution in [1.82, 2.24) is 9.80 Å². The Bertz CT molecular complexity index is 876. The van der Waals surface area contributed by atoms with Crippen molar-refractivity contribution in [3.05, 3.63) is 48.0 Å². The van der Waals surface area contributed by atoms with Gasteiger partial charge in [-0.1, -0.05) is 6.07 Å². The lowest BCUT2D eigenvalue weighted by atomic mass is 10.1. The van der Waals surface area contributed by atoms with Crippen LogP contribution in [0.2, 0.25) is 0 Å². The lowest BCUT2D eigenvalue weighted by Gasteiger charge is -2.34. The van der Waals surface area contributed by atoms with E-state index in [2.05, 4.69) is 10.2 Å². The fourth-order valence-corrected chi connectivity index (χ4v) is 3.28. The van der Waals surface area contributed by atoms with Gasteiger partial charge in [-0.05, 0) is 42.0 Å². The molecule has 2 aliphatic heterocycles. The van der Waals surface area contributed by atoms with Crippen LogP contribution < -0.4 is 14.8 Å². The second-order valence-electron chi connectivity index (χ2n) is 6.76. The first-order chi connectivity index (χ1) is 13.6. The second kappa shape index (κ2) is 7.77. The minimum Gasteiger partial charge on any atom is -0.508 e. The van der Waals surface area contributed by atoms with Gasteiger partial charge in [0.15, 0.2) is 11.5 Å². The third kappa shape index (κ3) is 4.01. The van der Waals surface area contributed by atoms with Crippen molar-refractivity contribution in [2.45, 2.75) is 6.54 Å². The summed E-state index contributed by atoms with van der Waals surface area (Å²) in [6.07, 6.45) is 0. The zero-order valence-electron chi connectivity index (χ0n) is 15.3. The summed E-state index contributed by atoms with van der Waals surface area (Å²) in [7, 11) is 0. The largest absolute Gasteiger partial charge is 0.508 e. The van der Waals surface area contributed by atoms with E-state index in [1.807, 2.05) is 18.2 Å². The molecule has 0 bridgehead atoms. The Morgan fingerprint density at radius 3 is 2.43 bits per heavy atom. The molecular formula is C20H21N3O5. The number of phenols is 1. The van der Waals surface area contributed by atoms with Crippen LogP contribution in [-0.4, -0.2) is 59.7 Å². The predicted molar refractivity (Wildman–Crippen MR) is 101 cm³/mol. The molecule has 0 atom stereocenters. The van der Waals surface area contributed by atoms with Crippen molar-refractivity contribution < 1.29 is 24.2 Å². The number of fused-ring (bicyclic) bond motifs is 1. The van der Waals surface area contributed by atoms with Gasteiger partial charge in [-0.3, -0.25) is 14.5 Å². The van der Waals surface area contributed by atoms with Crippen molar-refractivity contribution in [1.29, 1.82) is 0 Å². The third-order valence-corrected chi connectivity index (χ3v) is 4.82. The van der Waals surface area contributed by atoms with Crippen LogP contribution in [0.4, 0.5) is 5.69 Å². The number of benzene rings is 2. The molecule has 0 saturated carbocycles. The van der Waals surface area contributed by atoms with E-state index in [1.165, 1.54) is 12.1 Å². The van der Waals surface area contributed by atoms with E-state index in [4.69, 9.17) is 9.47 Å². The number of hydrogen-bond donors (Lipinski definition) is 2. The van der Waals surface area contributed by atoms with Gasteiger partial charge in [-0.25, -0.2) is 0 Å². The summed E-state index contributed by atoms with van der Waals surface area (Å²) in [5.41, 5.74) is 1.59. The van der Waals surface area contributed by atoms with Gasteiger partial charge in [0.2, 0.25) is 6.79 Å². The molecule has 0 spiro atoms. The lowest BCUT2D eigenvalue weighted by Crippen LogP contribution is -2.51. The number of amides is 2. The van der Waals surface area contributed by atoms with Gasteiger partial charge in [-0.15, -0.1) is 0 Å². The van der Waals surface area contributed by atoms with Gasteiger partial charge in [0.05, 0.1) is 0 Å². The summed E-state index contributed by atoms with van der Waals surface area (Å²) < 4.78 is 10.7. The maximum atomic E-state index is 12.4. The Morgan fingerprint density at radius 1 is 0.964 bits per heavy atom. The normalized spacial score (nSPS) is 16.1. The topological polar surface area (TPSA) is 91.3 Å². The van der Waals surface area contributed by atoms with Gasteiger partial charge in [0, 0.05) is 38.4 Å². The highest BCUT2D eigenvalue weighted by Gasteiger charge is 2.26. The highest BCUT2D eigenvalue weighted by Crippen LogP contribution is 2.32. The number of anilines is 1. The molecule has 2 heterocycles. The molecule has 8 heteroatoms. The third-order valence-electron chi connectivity index (χ3n) is 4.82. The standard InChI is InChI=1S/C20H21N3O5/c24-16-4-2-15(3-5-16)21-19(25)20(26)23-9-7-22(8-10-23)12-14-1-6-17-18(11-14)28-13-27-17/h1-6,11,24H,7-10,12-13H2,(H,21,25). The van der Waals surface area contributed by atoms with E-state index in [1.54, 1.807) is 17.0 Å². The van der Waals surface area contributed by atoms with Crippen LogP contribution >= 0.6 is 0 Å². The van der Waals surface area contributed by atoms with Crippen LogP contribution in [-0.2, 0) is 16.1 Å². The summed E-state index contributed by atoms with van der Waals surface area (Å²) in [5, 5.41) is 11.8.